The molecule has 1 saturated carbocycles. The van der Waals surface area contributed by atoms with Crippen molar-refractivity contribution < 1.29 is 5.11 Å². The zero-order chi connectivity index (χ0) is 13.3. The summed E-state index contributed by atoms with van der Waals surface area (Å²) >= 11 is 0. The lowest BCUT2D eigenvalue weighted by atomic mass is 10.1. The SMILES string of the molecule is Cc1nn(CCC(C)(C)O)c(C)c1CNC1CC1. The van der Waals surface area contributed by atoms with E-state index in [2.05, 4.69) is 24.3 Å². The van der Waals surface area contributed by atoms with E-state index in [4.69, 9.17) is 0 Å². The minimum atomic E-state index is -0.626. The molecule has 102 valence electrons. The fraction of sp³-hybridized carbons (Fsp3) is 0.786. The van der Waals surface area contributed by atoms with Gasteiger partial charge in [-0.15, -0.1) is 0 Å². The Hall–Kier alpha value is -0.870. The normalized spacial score (nSPS) is 16.3. The van der Waals surface area contributed by atoms with Crippen LogP contribution >= 0.6 is 0 Å². The first-order valence-corrected chi connectivity index (χ1v) is 6.85. The predicted octanol–water partition coefficient (Wildman–Crippen LogP) is 1.91. The Kier molecular flexibility index (Phi) is 3.78. The van der Waals surface area contributed by atoms with Crippen molar-refractivity contribution in [1.82, 2.24) is 15.1 Å². The lowest BCUT2D eigenvalue weighted by Gasteiger charge is -2.17. The van der Waals surface area contributed by atoms with Gasteiger partial charge in [0.25, 0.3) is 0 Å². The minimum Gasteiger partial charge on any atom is -0.390 e. The second-order valence-corrected chi connectivity index (χ2v) is 6.09. The van der Waals surface area contributed by atoms with Gasteiger partial charge in [-0.05, 0) is 47.0 Å². The van der Waals surface area contributed by atoms with Crippen LogP contribution in [0.1, 0.15) is 50.1 Å². The molecule has 0 unspecified atom stereocenters. The van der Waals surface area contributed by atoms with Crippen LogP contribution in [-0.4, -0.2) is 26.5 Å². The van der Waals surface area contributed by atoms with Gasteiger partial charge in [-0.3, -0.25) is 4.68 Å². The van der Waals surface area contributed by atoms with Gasteiger partial charge in [0.1, 0.15) is 0 Å². The molecule has 1 aliphatic rings. The number of hydrogen-bond donors (Lipinski definition) is 2. The third-order valence-corrected chi connectivity index (χ3v) is 3.61. The van der Waals surface area contributed by atoms with Crippen molar-refractivity contribution in [2.24, 2.45) is 0 Å². The molecule has 0 atom stereocenters. The molecule has 0 saturated heterocycles. The lowest BCUT2D eigenvalue weighted by molar-refractivity contribution is 0.0649. The van der Waals surface area contributed by atoms with Crippen LogP contribution in [0.4, 0.5) is 0 Å². The Labute approximate surface area is 109 Å². The number of aryl methyl sites for hydroxylation is 2. The quantitative estimate of drug-likeness (QED) is 0.812. The molecule has 1 aliphatic carbocycles. The molecule has 1 fully saturated rings. The van der Waals surface area contributed by atoms with Crippen molar-refractivity contribution in [3.8, 4) is 0 Å². The van der Waals surface area contributed by atoms with Gasteiger partial charge in [0.2, 0.25) is 0 Å². The molecule has 1 aromatic rings. The Bertz CT molecular complexity index is 413. The lowest BCUT2D eigenvalue weighted by Crippen LogP contribution is -2.22. The largest absolute Gasteiger partial charge is 0.390 e. The zero-order valence-electron chi connectivity index (χ0n) is 12.0. The minimum absolute atomic E-state index is 0.626. The summed E-state index contributed by atoms with van der Waals surface area (Å²) in [6.07, 6.45) is 3.35. The molecule has 1 aromatic heterocycles. The zero-order valence-corrected chi connectivity index (χ0v) is 12.0. The average Bonchev–Trinajstić information content (AvgIpc) is 3.02. The van der Waals surface area contributed by atoms with Crippen molar-refractivity contribution in [3.05, 3.63) is 17.0 Å². The van der Waals surface area contributed by atoms with Gasteiger partial charge in [0, 0.05) is 30.4 Å². The Morgan fingerprint density at radius 1 is 1.39 bits per heavy atom. The number of aromatic nitrogens is 2. The van der Waals surface area contributed by atoms with Crippen LogP contribution in [0.3, 0.4) is 0 Å². The van der Waals surface area contributed by atoms with E-state index in [1.165, 1.54) is 24.1 Å². The third kappa shape index (κ3) is 3.56. The van der Waals surface area contributed by atoms with Crippen molar-refractivity contribution in [3.63, 3.8) is 0 Å². The molecule has 2 rings (SSSR count). The van der Waals surface area contributed by atoms with E-state index in [9.17, 15) is 5.11 Å². The van der Waals surface area contributed by atoms with E-state index >= 15 is 0 Å². The highest BCUT2D eigenvalue weighted by atomic mass is 16.3. The molecule has 2 N–H and O–H groups in total. The van der Waals surface area contributed by atoms with Gasteiger partial charge in [-0.1, -0.05) is 0 Å². The summed E-state index contributed by atoms with van der Waals surface area (Å²) in [5.74, 6) is 0. The molecule has 0 bridgehead atoms. The summed E-state index contributed by atoms with van der Waals surface area (Å²) in [5.41, 5.74) is 3.03. The summed E-state index contributed by atoms with van der Waals surface area (Å²) in [5, 5.41) is 17.9. The van der Waals surface area contributed by atoms with Gasteiger partial charge >= 0.3 is 0 Å². The molecule has 0 spiro atoms. The molecule has 0 amide bonds. The van der Waals surface area contributed by atoms with Crippen LogP contribution in [0, 0.1) is 13.8 Å². The van der Waals surface area contributed by atoms with Gasteiger partial charge in [-0.25, -0.2) is 0 Å². The number of nitrogens with zero attached hydrogens (tertiary/aromatic N) is 2. The molecular formula is C14H25N3O. The fourth-order valence-corrected chi connectivity index (χ4v) is 2.12. The number of rotatable bonds is 6. The van der Waals surface area contributed by atoms with Gasteiger partial charge in [0.05, 0.1) is 11.3 Å². The van der Waals surface area contributed by atoms with E-state index in [1.807, 2.05) is 18.5 Å². The standard InChI is InChI=1S/C14H25N3O/c1-10-13(9-15-12-5-6-12)11(2)17(16-10)8-7-14(3,4)18/h12,15,18H,5-9H2,1-4H3. The first-order chi connectivity index (χ1) is 8.37. The molecular weight excluding hydrogens is 226 g/mol. The monoisotopic (exact) mass is 251 g/mol. The predicted molar refractivity (Wildman–Crippen MR) is 72.5 cm³/mol. The van der Waals surface area contributed by atoms with Crippen molar-refractivity contribution in [2.75, 3.05) is 0 Å². The number of hydrogen-bond acceptors (Lipinski definition) is 3. The summed E-state index contributed by atoms with van der Waals surface area (Å²) < 4.78 is 2.03. The average molecular weight is 251 g/mol. The third-order valence-electron chi connectivity index (χ3n) is 3.61. The van der Waals surface area contributed by atoms with E-state index in [0.29, 0.717) is 0 Å². The molecule has 0 radical (unpaired) electrons. The Morgan fingerprint density at radius 3 is 2.61 bits per heavy atom. The topological polar surface area (TPSA) is 50.1 Å². The van der Waals surface area contributed by atoms with Crippen LogP contribution < -0.4 is 5.32 Å². The second kappa shape index (κ2) is 5.02. The molecule has 1 heterocycles. The van der Waals surface area contributed by atoms with E-state index in [1.54, 1.807) is 0 Å². The highest BCUT2D eigenvalue weighted by molar-refractivity contribution is 5.24. The fourth-order valence-electron chi connectivity index (χ4n) is 2.12. The maximum absolute atomic E-state index is 9.78. The molecule has 18 heavy (non-hydrogen) atoms. The van der Waals surface area contributed by atoms with Crippen molar-refractivity contribution in [2.45, 2.75) is 71.7 Å². The Balaban J connectivity index is 2.00. The van der Waals surface area contributed by atoms with Crippen LogP contribution in [-0.2, 0) is 13.1 Å². The molecule has 4 nitrogen and oxygen atoms in total. The smallest absolute Gasteiger partial charge is 0.0641 e. The van der Waals surface area contributed by atoms with E-state index in [-0.39, 0.29) is 0 Å². The van der Waals surface area contributed by atoms with Gasteiger partial charge < -0.3 is 10.4 Å². The van der Waals surface area contributed by atoms with Gasteiger partial charge in [-0.2, -0.15) is 5.10 Å². The van der Waals surface area contributed by atoms with Crippen LogP contribution in [0.5, 0.6) is 0 Å². The van der Waals surface area contributed by atoms with E-state index < -0.39 is 5.60 Å². The first kappa shape index (κ1) is 13.6. The number of aliphatic hydroxyl groups is 1. The Morgan fingerprint density at radius 2 is 2.06 bits per heavy atom. The van der Waals surface area contributed by atoms with Gasteiger partial charge in [0.15, 0.2) is 0 Å². The van der Waals surface area contributed by atoms with Crippen LogP contribution in [0.25, 0.3) is 0 Å². The maximum Gasteiger partial charge on any atom is 0.0641 e. The van der Waals surface area contributed by atoms with E-state index in [0.717, 1.165) is 31.2 Å². The van der Waals surface area contributed by atoms with Crippen LogP contribution in [0.2, 0.25) is 0 Å². The first-order valence-electron chi connectivity index (χ1n) is 6.85. The summed E-state index contributed by atoms with van der Waals surface area (Å²) in [6, 6.07) is 0.725. The summed E-state index contributed by atoms with van der Waals surface area (Å²) in [4.78, 5) is 0. The summed E-state index contributed by atoms with van der Waals surface area (Å²) in [6.45, 7) is 9.57. The van der Waals surface area contributed by atoms with Crippen LogP contribution in [0.15, 0.2) is 0 Å². The highest BCUT2D eigenvalue weighted by Gasteiger charge is 2.22. The second-order valence-electron chi connectivity index (χ2n) is 6.09. The van der Waals surface area contributed by atoms with Crippen molar-refractivity contribution >= 4 is 0 Å². The maximum atomic E-state index is 9.78. The van der Waals surface area contributed by atoms with Crippen molar-refractivity contribution in [1.29, 1.82) is 0 Å². The molecule has 0 aliphatic heterocycles. The highest BCUT2D eigenvalue weighted by Crippen LogP contribution is 2.21. The molecule has 4 heteroatoms. The molecule has 0 aromatic carbocycles. The number of nitrogens with one attached hydrogen (secondary N) is 1. The summed E-state index contributed by atoms with van der Waals surface area (Å²) in [7, 11) is 0.